The molecular weight excluding hydrogens is 468 g/mol. The van der Waals surface area contributed by atoms with E-state index in [4.69, 9.17) is 5.73 Å². The molecule has 2 heterocycles. The molecule has 1 aromatic heterocycles. The number of aliphatic carboxylic acids is 2. The Labute approximate surface area is 207 Å². The summed E-state index contributed by atoms with van der Waals surface area (Å²) in [5.41, 5.74) is 6.78. The van der Waals surface area contributed by atoms with E-state index in [1.54, 1.807) is 24.3 Å². The molecular formula is C24H30N6O6. The van der Waals surface area contributed by atoms with Gasteiger partial charge in [0.15, 0.2) is 0 Å². The van der Waals surface area contributed by atoms with Crippen molar-refractivity contribution in [3.63, 3.8) is 0 Å². The van der Waals surface area contributed by atoms with Gasteiger partial charge in [0, 0.05) is 30.9 Å². The number of amides is 2. The maximum Gasteiger partial charge on any atom is 0.327 e. The van der Waals surface area contributed by atoms with Gasteiger partial charge in [0.1, 0.15) is 23.9 Å². The predicted octanol–water partition coefficient (Wildman–Crippen LogP) is 0.778. The first-order valence-electron chi connectivity index (χ1n) is 11.7. The number of hydrogen-bond donors (Lipinski definition) is 5. The summed E-state index contributed by atoms with van der Waals surface area (Å²) in [5, 5.41) is 24.7. The van der Waals surface area contributed by atoms with Gasteiger partial charge in [-0.25, -0.2) is 14.6 Å². The molecule has 0 aliphatic carbocycles. The summed E-state index contributed by atoms with van der Waals surface area (Å²) in [6.07, 6.45) is 5.81. The first kappa shape index (κ1) is 26.5. The van der Waals surface area contributed by atoms with Crippen molar-refractivity contribution in [1.29, 1.82) is 0 Å². The van der Waals surface area contributed by atoms with Crippen molar-refractivity contribution in [3.05, 3.63) is 48.4 Å². The number of anilines is 2. The molecule has 3 atom stereocenters. The van der Waals surface area contributed by atoms with E-state index in [1.807, 2.05) is 0 Å². The van der Waals surface area contributed by atoms with Crippen molar-refractivity contribution < 1.29 is 29.4 Å². The van der Waals surface area contributed by atoms with Crippen molar-refractivity contribution in [2.24, 2.45) is 5.73 Å². The van der Waals surface area contributed by atoms with Crippen LogP contribution in [0.15, 0.2) is 42.9 Å². The molecule has 192 valence electrons. The van der Waals surface area contributed by atoms with Gasteiger partial charge in [-0.15, -0.1) is 0 Å². The minimum Gasteiger partial charge on any atom is -0.480 e. The van der Waals surface area contributed by atoms with Crippen LogP contribution in [0.1, 0.15) is 37.7 Å². The van der Waals surface area contributed by atoms with Crippen LogP contribution in [-0.2, 0) is 25.6 Å². The summed E-state index contributed by atoms with van der Waals surface area (Å²) >= 11 is 0. The number of benzene rings is 1. The summed E-state index contributed by atoms with van der Waals surface area (Å²) in [6, 6.07) is 3.70. The molecule has 1 aliphatic rings. The highest BCUT2D eigenvalue weighted by molar-refractivity contribution is 6.02. The molecule has 2 amide bonds. The number of hydrogen-bond acceptors (Lipinski definition) is 8. The highest BCUT2D eigenvalue weighted by atomic mass is 16.4. The molecule has 0 radical (unpaired) electrons. The number of para-hydroxylation sites is 1. The fourth-order valence-corrected chi connectivity index (χ4v) is 4.12. The highest BCUT2D eigenvalue weighted by Gasteiger charge is 2.38. The van der Waals surface area contributed by atoms with Gasteiger partial charge in [-0.1, -0.05) is 18.2 Å². The number of nitrogens with zero attached hydrogens (tertiary/aromatic N) is 3. The summed E-state index contributed by atoms with van der Waals surface area (Å²) in [7, 11) is 0. The Hall–Kier alpha value is -4.06. The average molecular weight is 499 g/mol. The molecule has 36 heavy (non-hydrogen) atoms. The Balaban J connectivity index is 1.66. The van der Waals surface area contributed by atoms with Gasteiger partial charge in [-0.3, -0.25) is 19.5 Å². The summed E-state index contributed by atoms with van der Waals surface area (Å²) in [5.74, 6) is -3.16. The number of carboxylic acids is 2. The van der Waals surface area contributed by atoms with Crippen LogP contribution in [0.5, 0.6) is 0 Å². The molecule has 0 spiro atoms. The van der Waals surface area contributed by atoms with Crippen molar-refractivity contribution in [3.8, 4) is 0 Å². The number of aromatic nitrogens is 2. The Kier molecular flexibility index (Phi) is 9.28. The second-order valence-electron chi connectivity index (χ2n) is 8.46. The zero-order valence-electron chi connectivity index (χ0n) is 19.7. The Morgan fingerprint density at radius 3 is 2.53 bits per heavy atom. The fourth-order valence-electron chi connectivity index (χ4n) is 4.12. The van der Waals surface area contributed by atoms with Crippen LogP contribution in [0.25, 0.3) is 0 Å². The van der Waals surface area contributed by atoms with Gasteiger partial charge in [0.25, 0.3) is 0 Å². The van der Waals surface area contributed by atoms with Crippen molar-refractivity contribution in [1.82, 2.24) is 15.3 Å². The minimum absolute atomic E-state index is 0.175. The van der Waals surface area contributed by atoms with E-state index in [2.05, 4.69) is 20.6 Å². The van der Waals surface area contributed by atoms with Gasteiger partial charge in [0.2, 0.25) is 11.8 Å². The molecule has 12 heteroatoms. The topological polar surface area (TPSA) is 188 Å². The zero-order chi connectivity index (χ0) is 26.1. The number of fused-ring (bicyclic) bond motifs is 1. The maximum absolute atomic E-state index is 13.0. The van der Waals surface area contributed by atoms with Crippen LogP contribution >= 0.6 is 0 Å². The molecule has 6 N–H and O–H groups in total. The molecule has 0 unspecified atom stereocenters. The van der Waals surface area contributed by atoms with E-state index < -0.39 is 41.9 Å². The van der Waals surface area contributed by atoms with E-state index in [0.717, 1.165) is 5.56 Å². The Morgan fingerprint density at radius 2 is 1.86 bits per heavy atom. The number of nitrogens with one attached hydrogen (secondary N) is 2. The lowest BCUT2D eigenvalue weighted by Gasteiger charge is -2.24. The number of unbranched alkanes of at least 4 members (excludes halogenated alkanes) is 1. The SMILES string of the molecule is NCCCC[C@H](Nc1cnccn1)C(=O)N[C@H](CCC(=O)N1c2ccccc2C[C@H]1C(=O)O)C(=O)O. The third kappa shape index (κ3) is 6.75. The summed E-state index contributed by atoms with van der Waals surface area (Å²) in [4.78, 5) is 58.8. The van der Waals surface area contributed by atoms with Gasteiger partial charge >= 0.3 is 11.9 Å². The lowest BCUT2D eigenvalue weighted by molar-refractivity contribution is -0.142. The first-order valence-corrected chi connectivity index (χ1v) is 11.7. The smallest absolute Gasteiger partial charge is 0.327 e. The van der Waals surface area contributed by atoms with Gasteiger partial charge < -0.3 is 26.6 Å². The summed E-state index contributed by atoms with van der Waals surface area (Å²) < 4.78 is 0. The van der Waals surface area contributed by atoms with E-state index in [1.165, 1.54) is 23.5 Å². The predicted molar refractivity (Wildman–Crippen MR) is 130 cm³/mol. The Morgan fingerprint density at radius 1 is 1.08 bits per heavy atom. The van der Waals surface area contributed by atoms with Crippen LogP contribution in [0.2, 0.25) is 0 Å². The second kappa shape index (κ2) is 12.6. The molecule has 0 bridgehead atoms. The normalized spacial score (nSPS) is 16.0. The third-order valence-electron chi connectivity index (χ3n) is 5.94. The third-order valence-corrected chi connectivity index (χ3v) is 5.94. The van der Waals surface area contributed by atoms with E-state index in [9.17, 15) is 29.4 Å². The molecule has 1 aromatic carbocycles. The largest absolute Gasteiger partial charge is 0.480 e. The number of rotatable bonds is 13. The number of carbonyl (C=O) groups is 4. The first-order chi connectivity index (χ1) is 17.3. The van der Waals surface area contributed by atoms with Crippen molar-refractivity contribution in [2.75, 3.05) is 16.8 Å². The van der Waals surface area contributed by atoms with Crippen LogP contribution in [-0.4, -0.2) is 68.6 Å². The molecule has 0 saturated carbocycles. The number of carbonyl (C=O) groups excluding carboxylic acids is 2. The van der Waals surface area contributed by atoms with E-state index >= 15 is 0 Å². The van der Waals surface area contributed by atoms with Crippen molar-refractivity contribution in [2.45, 2.75) is 56.7 Å². The summed E-state index contributed by atoms with van der Waals surface area (Å²) in [6.45, 7) is 0.455. The molecule has 3 rings (SSSR count). The molecule has 2 aromatic rings. The lowest BCUT2D eigenvalue weighted by Crippen LogP contribution is -2.49. The van der Waals surface area contributed by atoms with Gasteiger partial charge in [0.05, 0.1) is 6.20 Å². The van der Waals surface area contributed by atoms with Crippen LogP contribution in [0.3, 0.4) is 0 Å². The number of nitrogens with two attached hydrogens (primary N) is 1. The van der Waals surface area contributed by atoms with Crippen LogP contribution in [0, 0.1) is 0 Å². The standard InChI is InChI=1S/C24H30N6O6/c25-10-4-3-6-16(28-20-14-26-11-12-27-20)22(32)29-17(23(33)34)8-9-21(31)30-18-7-2-1-5-15(18)13-19(30)24(35)36/h1-2,5,7,11-12,14,16-17,19H,3-4,6,8-10,13,25H2,(H,27,28)(H,29,32)(H,33,34)(H,35,36)/t16-,17+,19-/m0/s1. The van der Waals surface area contributed by atoms with Gasteiger partial charge in [-0.2, -0.15) is 0 Å². The van der Waals surface area contributed by atoms with E-state index in [-0.39, 0.29) is 19.3 Å². The monoisotopic (exact) mass is 498 g/mol. The minimum atomic E-state index is -1.34. The average Bonchev–Trinajstić information content (AvgIpc) is 3.26. The zero-order valence-corrected chi connectivity index (χ0v) is 19.7. The molecule has 0 fully saturated rings. The van der Waals surface area contributed by atoms with Crippen LogP contribution < -0.4 is 21.3 Å². The second-order valence-corrected chi connectivity index (χ2v) is 8.46. The fraction of sp³-hybridized carbons (Fsp3) is 0.417. The Bertz CT molecular complexity index is 1080. The highest BCUT2D eigenvalue weighted by Crippen LogP contribution is 2.33. The van der Waals surface area contributed by atoms with E-state index in [0.29, 0.717) is 37.3 Å². The molecule has 0 saturated heterocycles. The lowest BCUT2D eigenvalue weighted by atomic mass is 10.1. The van der Waals surface area contributed by atoms with Crippen molar-refractivity contribution >= 4 is 35.3 Å². The maximum atomic E-state index is 13.0. The molecule has 1 aliphatic heterocycles. The van der Waals surface area contributed by atoms with Gasteiger partial charge in [-0.05, 0) is 43.9 Å². The molecule has 12 nitrogen and oxygen atoms in total. The number of carboxylic acid groups (broad SMARTS) is 2. The van der Waals surface area contributed by atoms with Crippen LogP contribution in [0.4, 0.5) is 11.5 Å². The quantitative estimate of drug-likeness (QED) is 0.247.